The normalized spacial score (nSPS) is 12.4. The second kappa shape index (κ2) is 6.31. The van der Waals surface area contributed by atoms with Gasteiger partial charge >= 0.3 is 0 Å². The first-order valence-electron chi connectivity index (χ1n) is 5.66. The van der Waals surface area contributed by atoms with E-state index in [1.54, 1.807) is 18.4 Å². The highest BCUT2D eigenvalue weighted by atomic mass is 79.9. The lowest BCUT2D eigenvalue weighted by atomic mass is 10.2. The molecule has 0 spiro atoms. The van der Waals surface area contributed by atoms with Crippen LogP contribution in [0, 0.1) is 0 Å². The Morgan fingerprint density at radius 1 is 1.39 bits per heavy atom. The van der Waals surface area contributed by atoms with Crippen molar-refractivity contribution in [1.29, 1.82) is 0 Å². The van der Waals surface area contributed by atoms with Crippen molar-refractivity contribution in [1.82, 2.24) is 10.3 Å². The number of rotatable bonds is 5. The summed E-state index contributed by atoms with van der Waals surface area (Å²) in [6.45, 7) is 2.96. The summed E-state index contributed by atoms with van der Waals surface area (Å²) in [5, 5.41) is 3.47. The van der Waals surface area contributed by atoms with Crippen molar-refractivity contribution in [2.75, 3.05) is 7.11 Å². The summed E-state index contributed by atoms with van der Waals surface area (Å²) in [6, 6.07) is 8.45. The largest absolute Gasteiger partial charge is 0.481 e. The zero-order valence-electron chi connectivity index (χ0n) is 10.3. The molecule has 1 unspecified atom stereocenters. The number of methoxy groups -OCH3 is 1. The van der Waals surface area contributed by atoms with Crippen LogP contribution in [0.5, 0.6) is 5.88 Å². The van der Waals surface area contributed by atoms with Crippen molar-refractivity contribution in [3.8, 4) is 5.88 Å². The summed E-state index contributed by atoms with van der Waals surface area (Å²) in [4.78, 5) is 5.51. The van der Waals surface area contributed by atoms with Crippen LogP contribution < -0.4 is 10.1 Å². The molecule has 2 aromatic heterocycles. The fraction of sp³-hybridized carbons (Fsp3) is 0.308. The standard InChI is InChI=1S/C13H15BrN2OS/c1-9(11-4-5-12(14)18-11)15-7-10-3-6-13(17-2)16-8-10/h3-6,8-9,15H,7H2,1-2H3. The minimum atomic E-state index is 0.336. The Labute approximate surface area is 119 Å². The van der Waals surface area contributed by atoms with Gasteiger partial charge in [0, 0.05) is 29.7 Å². The van der Waals surface area contributed by atoms with Crippen LogP contribution in [0.1, 0.15) is 23.4 Å². The van der Waals surface area contributed by atoms with E-state index in [4.69, 9.17) is 4.74 Å². The molecule has 1 N–H and O–H groups in total. The molecule has 0 fully saturated rings. The number of halogens is 1. The number of ether oxygens (including phenoxy) is 1. The number of pyridine rings is 1. The maximum Gasteiger partial charge on any atom is 0.212 e. The molecule has 0 aliphatic heterocycles. The SMILES string of the molecule is COc1ccc(CNC(C)c2ccc(Br)s2)cn1. The molecule has 0 radical (unpaired) electrons. The monoisotopic (exact) mass is 326 g/mol. The Morgan fingerprint density at radius 2 is 2.22 bits per heavy atom. The van der Waals surface area contributed by atoms with Gasteiger partial charge in [0.15, 0.2) is 0 Å². The van der Waals surface area contributed by atoms with Gasteiger partial charge in [-0.05, 0) is 40.5 Å². The average molecular weight is 327 g/mol. The summed E-state index contributed by atoms with van der Waals surface area (Å²) >= 11 is 5.23. The molecule has 0 aromatic carbocycles. The lowest BCUT2D eigenvalue weighted by Gasteiger charge is -2.12. The summed E-state index contributed by atoms with van der Waals surface area (Å²) in [6.07, 6.45) is 1.84. The maximum absolute atomic E-state index is 5.03. The highest BCUT2D eigenvalue weighted by molar-refractivity contribution is 9.11. The zero-order chi connectivity index (χ0) is 13.0. The third-order valence-electron chi connectivity index (χ3n) is 2.64. The summed E-state index contributed by atoms with van der Waals surface area (Å²) in [7, 11) is 1.62. The number of nitrogens with one attached hydrogen (secondary N) is 1. The fourth-order valence-corrected chi connectivity index (χ4v) is 3.02. The van der Waals surface area contributed by atoms with Crippen LogP contribution in [0.3, 0.4) is 0 Å². The summed E-state index contributed by atoms with van der Waals surface area (Å²) < 4.78 is 6.20. The van der Waals surface area contributed by atoms with Crippen LogP contribution in [0.4, 0.5) is 0 Å². The number of hydrogen-bond donors (Lipinski definition) is 1. The smallest absolute Gasteiger partial charge is 0.212 e. The van der Waals surface area contributed by atoms with E-state index in [9.17, 15) is 0 Å². The second-order valence-electron chi connectivity index (χ2n) is 3.95. The van der Waals surface area contributed by atoms with Crippen molar-refractivity contribution in [3.05, 3.63) is 44.7 Å². The number of thiophene rings is 1. The lowest BCUT2D eigenvalue weighted by Crippen LogP contribution is -2.17. The minimum absolute atomic E-state index is 0.336. The van der Waals surface area contributed by atoms with Crippen molar-refractivity contribution in [2.24, 2.45) is 0 Å². The first kappa shape index (κ1) is 13.5. The Kier molecular flexibility index (Phi) is 4.74. The molecule has 0 bridgehead atoms. The van der Waals surface area contributed by atoms with E-state index in [1.165, 1.54) is 4.88 Å². The highest BCUT2D eigenvalue weighted by Gasteiger charge is 2.07. The van der Waals surface area contributed by atoms with Crippen LogP contribution in [-0.4, -0.2) is 12.1 Å². The molecule has 0 saturated carbocycles. The van der Waals surface area contributed by atoms with Crippen molar-refractivity contribution in [3.63, 3.8) is 0 Å². The average Bonchev–Trinajstić information content (AvgIpc) is 2.83. The van der Waals surface area contributed by atoms with Gasteiger partial charge in [-0.25, -0.2) is 4.98 Å². The number of hydrogen-bond acceptors (Lipinski definition) is 4. The van der Waals surface area contributed by atoms with Gasteiger partial charge in [-0.15, -0.1) is 11.3 Å². The molecule has 0 saturated heterocycles. The number of aromatic nitrogens is 1. The Balaban J connectivity index is 1.90. The molecular formula is C13H15BrN2OS. The third kappa shape index (κ3) is 3.54. The first-order chi connectivity index (χ1) is 8.69. The van der Waals surface area contributed by atoms with Crippen LogP contribution in [0.2, 0.25) is 0 Å². The van der Waals surface area contributed by atoms with E-state index in [2.05, 4.69) is 45.3 Å². The molecule has 3 nitrogen and oxygen atoms in total. The fourth-order valence-electron chi connectivity index (χ4n) is 1.57. The van der Waals surface area contributed by atoms with Gasteiger partial charge in [0.1, 0.15) is 0 Å². The van der Waals surface area contributed by atoms with Gasteiger partial charge in [-0.3, -0.25) is 0 Å². The number of nitrogens with zero attached hydrogens (tertiary/aromatic N) is 1. The topological polar surface area (TPSA) is 34.1 Å². The minimum Gasteiger partial charge on any atom is -0.481 e. The Bertz CT molecular complexity index is 498. The molecular weight excluding hydrogens is 312 g/mol. The molecule has 0 amide bonds. The molecule has 0 aliphatic carbocycles. The lowest BCUT2D eigenvalue weighted by molar-refractivity contribution is 0.397. The van der Waals surface area contributed by atoms with Gasteiger partial charge in [-0.2, -0.15) is 0 Å². The summed E-state index contributed by atoms with van der Waals surface area (Å²) in [5.41, 5.74) is 1.15. The second-order valence-corrected chi connectivity index (χ2v) is 6.45. The predicted octanol–water partition coefficient (Wildman–Crippen LogP) is 3.77. The van der Waals surface area contributed by atoms with Crippen LogP contribution >= 0.6 is 27.3 Å². The van der Waals surface area contributed by atoms with E-state index < -0.39 is 0 Å². The molecule has 18 heavy (non-hydrogen) atoms. The van der Waals surface area contributed by atoms with Crippen LogP contribution in [0.25, 0.3) is 0 Å². The van der Waals surface area contributed by atoms with Crippen molar-refractivity contribution < 1.29 is 4.74 Å². The molecule has 1 atom stereocenters. The van der Waals surface area contributed by atoms with E-state index in [1.807, 2.05) is 18.3 Å². The van der Waals surface area contributed by atoms with E-state index in [-0.39, 0.29) is 0 Å². The van der Waals surface area contributed by atoms with Gasteiger partial charge < -0.3 is 10.1 Å². The molecule has 5 heteroatoms. The van der Waals surface area contributed by atoms with Gasteiger partial charge in [-0.1, -0.05) is 6.07 Å². The summed E-state index contributed by atoms with van der Waals surface area (Å²) in [5.74, 6) is 0.647. The molecule has 0 aliphatic rings. The molecule has 2 aromatic rings. The van der Waals surface area contributed by atoms with Gasteiger partial charge in [0.2, 0.25) is 5.88 Å². The predicted molar refractivity (Wildman–Crippen MR) is 78.1 cm³/mol. The zero-order valence-corrected chi connectivity index (χ0v) is 12.7. The van der Waals surface area contributed by atoms with Gasteiger partial charge in [0.05, 0.1) is 10.9 Å². The van der Waals surface area contributed by atoms with Crippen molar-refractivity contribution >= 4 is 27.3 Å². The Morgan fingerprint density at radius 3 is 2.78 bits per heavy atom. The molecule has 2 heterocycles. The van der Waals surface area contributed by atoms with Crippen LogP contribution in [-0.2, 0) is 6.54 Å². The van der Waals surface area contributed by atoms with E-state index in [0.29, 0.717) is 11.9 Å². The molecule has 96 valence electrons. The highest BCUT2D eigenvalue weighted by Crippen LogP contribution is 2.27. The first-order valence-corrected chi connectivity index (χ1v) is 7.27. The van der Waals surface area contributed by atoms with Crippen molar-refractivity contribution in [2.45, 2.75) is 19.5 Å². The quantitative estimate of drug-likeness (QED) is 0.908. The van der Waals surface area contributed by atoms with E-state index in [0.717, 1.165) is 15.9 Å². The van der Waals surface area contributed by atoms with Crippen LogP contribution in [0.15, 0.2) is 34.2 Å². The maximum atomic E-state index is 5.03. The third-order valence-corrected chi connectivity index (χ3v) is 4.45. The Hall–Kier alpha value is -0.910. The molecule has 2 rings (SSSR count). The van der Waals surface area contributed by atoms with Gasteiger partial charge in [0.25, 0.3) is 0 Å². The van der Waals surface area contributed by atoms with E-state index >= 15 is 0 Å².